The Morgan fingerprint density at radius 3 is 2.61 bits per heavy atom. The minimum Gasteiger partial charge on any atom is -0.352 e. The Morgan fingerprint density at radius 1 is 1.28 bits per heavy atom. The lowest BCUT2D eigenvalue weighted by molar-refractivity contribution is -0.123. The zero-order chi connectivity index (χ0) is 13.0. The summed E-state index contributed by atoms with van der Waals surface area (Å²) < 4.78 is 0. The Balaban J connectivity index is 1.82. The van der Waals surface area contributed by atoms with E-state index < -0.39 is 0 Å². The maximum Gasteiger partial charge on any atom is 0.222 e. The maximum absolute atomic E-state index is 12.1. The number of carbonyl (C=O) groups excluding carboxylic acids is 1. The predicted molar refractivity (Wildman–Crippen MR) is 77.7 cm³/mol. The molecule has 3 nitrogen and oxygen atoms in total. The molecule has 2 unspecified atom stereocenters. The van der Waals surface area contributed by atoms with Gasteiger partial charge in [0.2, 0.25) is 5.91 Å². The van der Waals surface area contributed by atoms with Crippen LogP contribution in [0.15, 0.2) is 0 Å². The SMILES string of the molecule is CSC1CCCCC1NC(=O)CC1(N)CCCC1. The Hall–Kier alpha value is -0.220. The number of nitrogens with one attached hydrogen (secondary N) is 1. The van der Waals surface area contributed by atoms with Gasteiger partial charge in [-0.25, -0.2) is 0 Å². The minimum absolute atomic E-state index is 0.172. The van der Waals surface area contributed by atoms with E-state index in [4.69, 9.17) is 5.73 Å². The van der Waals surface area contributed by atoms with Crippen molar-refractivity contribution in [2.24, 2.45) is 5.73 Å². The summed E-state index contributed by atoms with van der Waals surface area (Å²) in [6.07, 6.45) is 12.0. The lowest BCUT2D eigenvalue weighted by Gasteiger charge is -2.32. The Labute approximate surface area is 115 Å². The van der Waals surface area contributed by atoms with Crippen LogP contribution in [0.1, 0.15) is 57.8 Å². The van der Waals surface area contributed by atoms with Gasteiger partial charge < -0.3 is 11.1 Å². The molecule has 0 saturated heterocycles. The molecule has 1 amide bonds. The topological polar surface area (TPSA) is 55.1 Å². The van der Waals surface area contributed by atoms with Crippen molar-refractivity contribution < 1.29 is 4.79 Å². The summed E-state index contributed by atoms with van der Waals surface area (Å²) in [6, 6.07) is 0.367. The first-order chi connectivity index (χ1) is 8.63. The Bertz CT molecular complexity index is 290. The summed E-state index contributed by atoms with van der Waals surface area (Å²) in [4.78, 5) is 12.1. The van der Waals surface area contributed by atoms with Crippen LogP contribution in [0.2, 0.25) is 0 Å². The Kier molecular flexibility index (Phi) is 4.96. The molecule has 0 aliphatic heterocycles. The van der Waals surface area contributed by atoms with Crippen molar-refractivity contribution in [3.05, 3.63) is 0 Å². The number of amides is 1. The summed E-state index contributed by atoms with van der Waals surface area (Å²) in [7, 11) is 0. The molecule has 2 atom stereocenters. The summed E-state index contributed by atoms with van der Waals surface area (Å²) in [6.45, 7) is 0. The molecule has 18 heavy (non-hydrogen) atoms. The van der Waals surface area contributed by atoms with Gasteiger partial charge in [-0.15, -0.1) is 0 Å². The molecule has 0 aromatic heterocycles. The van der Waals surface area contributed by atoms with Gasteiger partial charge in [0.25, 0.3) is 0 Å². The lowest BCUT2D eigenvalue weighted by atomic mass is 9.92. The van der Waals surface area contributed by atoms with Gasteiger partial charge in [0, 0.05) is 23.3 Å². The number of nitrogens with two attached hydrogens (primary N) is 1. The number of hydrogen-bond acceptors (Lipinski definition) is 3. The summed E-state index contributed by atoms with van der Waals surface area (Å²) >= 11 is 1.89. The number of carbonyl (C=O) groups is 1. The second kappa shape index (κ2) is 6.29. The first kappa shape index (κ1) is 14.2. The fourth-order valence-corrected chi connectivity index (χ4v) is 4.31. The van der Waals surface area contributed by atoms with Gasteiger partial charge in [-0.2, -0.15) is 11.8 Å². The van der Waals surface area contributed by atoms with E-state index in [1.807, 2.05) is 11.8 Å². The molecule has 0 bridgehead atoms. The van der Waals surface area contributed by atoms with Gasteiger partial charge in [-0.3, -0.25) is 4.79 Å². The standard InChI is InChI=1S/C14H26N2OS/c1-18-12-7-3-2-6-11(12)16-13(17)10-14(15)8-4-5-9-14/h11-12H,2-10,15H2,1H3,(H,16,17). The highest BCUT2D eigenvalue weighted by Crippen LogP contribution is 2.31. The van der Waals surface area contributed by atoms with Gasteiger partial charge in [0.1, 0.15) is 0 Å². The van der Waals surface area contributed by atoms with E-state index in [0.29, 0.717) is 17.7 Å². The quantitative estimate of drug-likeness (QED) is 0.825. The molecule has 0 radical (unpaired) electrons. The zero-order valence-electron chi connectivity index (χ0n) is 11.4. The van der Waals surface area contributed by atoms with Crippen molar-refractivity contribution in [2.45, 2.75) is 74.6 Å². The van der Waals surface area contributed by atoms with Crippen LogP contribution in [0, 0.1) is 0 Å². The molecule has 2 saturated carbocycles. The third kappa shape index (κ3) is 3.64. The normalized spacial score (nSPS) is 31.2. The van der Waals surface area contributed by atoms with E-state index in [9.17, 15) is 4.79 Å². The average molecular weight is 270 g/mol. The number of rotatable bonds is 4. The van der Waals surface area contributed by atoms with Crippen LogP contribution < -0.4 is 11.1 Å². The molecule has 2 rings (SSSR count). The minimum atomic E-state index is -0.215. The zero-order valence-corrected chi connectivity index (χ0v) is 12.2. The average Bonchev–Trinajstić information content (AvgIpc) is 2.76. The molecule has 2 aliphatic carbocycles. The van der Waals surface area contributed by atoms with Crippen LogP contribution in [0.5, 0.6) is 0 Å². The van der Waals surface area contributed by atoms with Gasteiger partial charge in [-0.1, -0.05) is 25.7 Å². The van der Waals surface area contributed by atoms with Crippen LogP contribution in [0.4, 0.5) is 0 Å². The highest BCUT2D eigenvalue weighted by molar-refractivity contribution is 7.99. The molecule has 4 heteroatoms. The molecule has 0 spiro atoms. The van der Waals surface area contributed by atoms with E-state index >= 15 is 0 Å². The third-order valence-electron chi connectivity index (χ3n) is 4.46. The molecule has 2 aliphatic rings. The van der Waals surface area contributed by atoms with E-state index in [-0.39, 0.29) is 11.4 Å². The van der Waals surface area contributed by atoms with Gasteiger partial charge in [-0.05, 0) is 31.9 Å². The van der Waals surface area contributed by atoms with Crippen molar-refractivity contribution in [3.8, 4) is 0 Å². The van der Waals surface area contributed by atoms with Crippen LogP contribution >= 0.6 is 11.8 Å². The van der Waals surface area contributed by atoms with Crippen molar-refractivity contribution in [1.82, 2.24) is 5.32 Å². The van der Waals surface area contributed by atoms with Gasteiger partial charge in [0.05, 0.1) is 0 Å². The number of hydrogen-bond donors (Lipinski definition) is 2. The largest absolute Gasteiger partial charge is 0.352 e. The van der Waals surface area contributed by atoms with Crippen molar-refractivity contribution in [2.75, 3.05) is 6.26 Å². The molecule has 0 aromatic carbocycles. The van der Waals surface area contributed by atoms with Crippen molar-refractivity contribution in [3.63, 3.8) is 0 Å². The highest BCUT2D eigenvalue weighted by Gasteiger charge is 2.33. The van der Waals surface area contributed by atoms with Crippen LogP contribution in [-0.2, 0) is 4.79 Å². The van der Waals surface area contributed by atoms with E-state index in [1.54, 1.807) is 0 Å². The summed E-state index contributed by atoms with van der Waals surface area (Å²) in [5.41, 5.74) is 6.05. The molecular weight excluding hydrogens is 244 g/mol. The highest BCUT2D eigenvalue weighted by atomic mass is 32.2. The fourth-order valence-electron chi connectivity index (χ4n) is 3.38. The molecule has 0 aromatic rings. The second-order valence-electron chi connectivity index (χ2n) is 5.98. The second-order valence-corrected chi connectivity index (χ2v) is 7.06. The summed E-state index contributed by atoms with van der Waals surface area (Å²) in [5.74, 6) is 0.172. The lowest BCUT2D eigenvalue weighted by Crippen LogP contribution is -2.48. The van der Waals surface area contributed by atoms with E-state index in [1.165, 1.54) is 32.1 Å². The fraction of sp³-hybridized carbons (Fsp3) is 0.929. The molecule has 0 heterocycles. The van der Waals surface area contributed by atoms with E-state index in [0.717, 1.165) is 19.3 Å². The molecule has 2 fully saturated rings. The van der Waals surface area contributed by atoms with Crippen LogP contribution in [-0.4, -0.2) is 29.0 Å². The predicted octanol–water partition coefficient (Wildman–Crippen LogP) is 2.44. The Morgan fingerprint density at radius 2 is 1.94 bits per heavy atom. The number of thioether (sulfide) groups is 1. The van der Waals surface area contributed by atoms with E-state index in [2.05, 4.69) is 11.6 Å². The van der Waals surface area contributed by atoms with Crippen molar-refractivity contribution >= 4 is 17.7 Å². The first-order valence-corrected chi connectivity index (χ1v) is 8.53. The van der Waals surface area contributed by atoms with Crippen LogP contribution in [0.3, 0.4) is 0 Å². The molecule has 3 N–H and O–H groups in total. The molecular formula is C14H26N2OS. The van der Waals surface area contributed by atoms with Gasteiger partial charge >= 0.3 is 0 Å². The molecule has 104 valence electrons. The van der Waals surface area contributed by atoms with Gasteiger partial charge in [0.15, 0.2) is 0 Å². The smallest absolute Gasteiger partial charge is 0.222 e. The van der Waals surface area contributed by atoms with Crippen molar-refractivity contribution in [1.29, 1.82) is 0 Å². The third-order valence-corrected chi connectivity index (χ3v) is 5.63. The monoisotopic (exact) mass is 270 g/mol. The summed E-state index contributed by atoms with van der Waals surface area (Å²) in [5, 5.41) is 3.83. The maximum atomic E-state index is 12.1. The first-order valence-electron chi connectivity index (χ1n) is 7.24. The van der Waals surface area contributed by atoms with Crippen LogP contribution in [0.25, 0.3) is 0 Å².